The van der Waals surface area contributed by atoms with Crippen LogP contribution >= 0.6 is 27.5 Å². The van der Waals surface area contributed by atoms with Crippen molar-refractivity contribution in [2.45, 2.75) is 25.6 Å². The number of alkyl halides is 1. The van der Waals surface area contributed by atoms with E-state index in [1.807, 2.05) is 19.1 Å². The average molecular weight is 306 g/mol. The predicted molar refractivity (Wildman–Crippen MR) is 69.2 cm³/mol. The van der Waals surface area contributed by atoms with E-state index in [2.05, 4.69) is 15.9 Å². The van der Waals surface area contributed by atoms with E-state index in [1.54, 1.807) is 6.92 Å². The Morgan fingerprint density at radius 2 is 2.19 bits per heavy atom. The Bertz CT molecular complexity index is 391. The fourth-order valence-corrected chi connectivity index (χ4v) is 2.70. The molecule has 0 heterocycles. The lowest BCUT2D eigenvalue weighted by Crippen LogP contribution is -2.09. The average Bonchev–Trinajstić information content (AvgIpc) is 2.17. The molecule has 0 radical (unpaired) electrons. The van der Waals surface area contributed by atoms with Crippen LogP contribution in [0.4, 0.5) is 0 Å². The van der Waals surface area contributed by atoms with E-state index in [1.165, 1.54) is 0 Å². The Labute approximate surface area is 109 Å². The standard InChI is InChI=1S/C12H14BrClO2/c1-3-16-12(15)6-9-4-8(2)5-11(14)10(9)7-13/h4-5H,3,6-7H2,1-2H3. The first-order chi connectivity index (χ1) is 7.58. The van der Waals surface area contributed by atoms with Gasteiger partial charge >= 0.3 is 5.97 Å². The van der Waals surface area contributed by atoms with Gasteiger partial charge in [0.15, 0.2) is 0 Å². The van der Waals surface area contributed by atoms with Crippen LogP contribution in [0.3, 0.4) is 0 Å². The number of rotatable bonds is 4. The molecule has 0 aliphatic carbocycles. The van der Waals surface area contributed by atoms with Crippen molar-refractivity contribution in [2.75, 3.05) is 6.61 Å². The zero-order valence-electron chi connectivity index (χ0n) is 9.35. The van der Waals surface area contributed by atoms with E-state index in [4.69, 9.17) is 16.3 Å². The summed E-state index contributed by atoms with van der Waals surface area (Å²) >= 11 is 9.49. The largest absolute Gasteiger partial charge is 0.466 e. The van der Waals surface area contributed by atoms with Crippen molar-refractivity contribution < 1.29 is 9.53 Å². The number of carbonyl (C=O) groups is 1. The molecule has 1 rings (SSSR count). The molecule has 0 saturated heterocycles. The van der Waals surface area contributed by atoms with Gasteiger partial charge in [0.05, 0.1) is 13.0 Å². The molecule has 0 bridgehead atoms. The van der Waals surface area contributed by atoms with Crippen LogP contribution in [0.15, 0.2) is 12.1 Å². The Kier molecular flexibility index (Phi) is 5.29. The molecule has 2 nitrogen and oxygen atoms in total. The fraction of sp³-hybridized carbons (Fsp3) is 0.417. The molecule has 0 aliphatic rings. The summed E-state index contributed by atoms with van der Waals surface area (Å²) in [5.74, 6) is -0.216. The Morgan fingerprint density at radius 3 is 2.75 bits per heavy atom. The molecule has 0 N–H and O–H groups in total. The van der Waals surface area contributed by atoms with E-state index < -0.39 is 0 Å². The van der Waals surface area contributed by atoms with Gasteiger partial charge in [0.2, 0.25) is 0 Å². The van der Waals surface area contributed by atoms with Crippen molar-refractivity contribution in [1.82, 2.24) is 0 Å². The summed E-state index contributed by atoms with van der Waals surface area (Å²) in [5, 5.41) is 1.33. The lowest BCUT2D eigenvalue weighted by Gasteiger charge is -2.10. The van der Waals surface area contributed by atoms with Crippen LogP contribution in [-0.4, -0.2) is 12.6 Å². The normalized spacial score (nSPS) is 10.2. The minimum Gasteiger partial charge on any atom is -0.466 e. The highest BCUT2D eigenvalue weighted by Crippen LogP contribution is 2.25. The predicted octanol–water partition coefficient (Wildman–Crippen LogP) is 3.65. The van der Waals surface area contributed by atoms with Gasteiger partial charge in [0.1, 0.15) is 0 Å². The summed E-state index contributed by atoms with van der Waals surface area (Å²) in [5.41, 5.74) is 2.94. The Balaban J connectivity index is 2.97. The van der Waals surface area contributed by atoms with Crippen LogP contribution in [0.5, 0.6) is 0 Å². The second kappa shape index (κ2) is 6.26. The third-order valence-corrected chi connectivity index (χ3v) is 3.10. The second-order valence-electron chi connectivity index (χ2n) is 3.50. The van der Waals surface area contributed by atoms with Crippen molar-refractivity contribution in [3.05, 3.63) is 33.8 Å². The van der Waals surface area contributed by atoms with Gasteiger partial charge in [-0.2, -0.15) is 0 Å². The van der Waals surface area contributed by atoms with Gasteiger partial charge in [0, 0.05) is 10.4 Å². The third kappa shape index (κ3) is 3.49. The molecule has 0 amide bonds. The lowest BCUT2D eigenvalue weighted by atomic mass is 10.0. The molecule has 0 atom stereocenters. The molecule has 88 valence electrons. The smallest absolute Gasteiger partial charge is 0.310 e. The molecule has 0 unspecified atom stereocenters. The van der Waals surface area contributed by atoms with Gasteiger partial charge in [-0.25, -0.2) is 0 Å². The first-order valence-electron chi connectivity index (χ1n) is 5.08. The maximum atomic E-state index is 11.4. The molecular weight excluding hydrogens is 291 g/mol. The highest BCUT2D eigenvalue weighted by molar-refractivity contribution is 9.08. The van der Waals surface area contributed by atoms with Gasteiger partial charge in [-0.15, -0.1) is 0 Å². The molecule has 0 aliphatic heterocycles. The molecular formula is C12H14BrClO2. The highest BCUT2D eigenvalue weighted by atomic mass is 79.9. The first-order valence-corrected chi connectivity index (χ1v) is 6.58. The summed E-state index contributed by atoms with van der Waals surface area (Å²) in [7, 11) is 0. The topological polar surface area (TPSA) is 26.3 Å². The maximum absolute atomic E-state index is 11.4. The molecule has 0 spiro atoms. The van der Waals surface area contributed by atoms with E-state index in [0.717, 1.165) is 16.7 Å². The molecule has 1 aromatic rings. The molecule has 0 fully saturated rings. The van der Waals surface area contributed by atoms with Crippen LogP contribution in [-0.2, 0) is 21.3 Å². The van der Waals surface area contributed by atoms with Crippen LogP contribution in [0.1, 0.15) is 23.6 Å². The van der Waals surface area contributed by atoms with Crippen LogP contribution in [0.2, 0.25) is 5.02 Å². The van der Waals surface area contributed by atoms with E-state index in [-0.39, 0.29) is 12.4 Å². The molecule has 0 aromatic heterocycles. The molecule has 0 saturated carbocycles. The van der Waals surface area contributed by atoms with Gasteiger partial charge in [-0.3, -0.25) is 4.79 Å². The fourth-order valence-electron chi connectivity index (χ4n) is 1.52. The number of hydrogen-bond donors (Lipinski definition) is 0. The Hall–Kier alpha value is -0.540. The summed E-state index contributed by atoms with van der Waals surface area (Å²) in [6, 6.07) is 3.87. The van der Waals surface area contributed by atoms with E-state index >= 15 is 0 Å². The number of halogens is 2. The summed E-state index contributed by atoms with van der Waals surface area (Å²) < 4.78 is 4.93. The van der Waals surface area contributed by atoms with E-state index in [9.17, 15) is 4.79 Å². The summed E-state index contributed by atoms with van der Waals surface area (Å²) in [4.78, 5) is 11.4. The van der Waals surface area contributed by atoms with Crippen molar-refractivity contribution >= 4 is 33.5 Å². The molecule has 16 heavy (non-hydrogen) atoms. The number of ether oxygens (including phenoxy) is 1. The van der Waals surface area contributed by atoms with Gasteiger partial charge in [0.25, 0.3) is 0 Å². The van der Waals surface area contributed by atoms with Crippen LogP contribution < -0.4 is 0 Å². The minimum absolute atomic E-state index is 0.216. The van der Waals surface area contributed by atoms with Gasteiger partial charge in [-0.05, 0) is 36.6 Å². The quantitative estimate of drug-likeness (QED) is 0.627. The zero-order valence-corrected chi connectivity index (χ0v) is 11.7. The second-order valence-corrected chi connectivity index (χ2v) is 4.47. The molecule has 1 aromatic carbocycles. The zero-order chi connectivity index (χ0) is 12.1. The van der Waals surface area contributed by atoms with Crippen LogP contribution in [0.25, 0.3) is 0 Å². The van der Waals surface area contributed by atoms with Crippen molar-refractivity contribution in [3.8, 4) is 0 Å². The Morgan fingerprint density at radius 1 is 1.50 bits per heavy atom. The highest BCUT2D eigenvalue weighted by Gasteiger charge is 2.11. The first kappa shape index (κ1) is 13.5. The van der Waals surface area contributed by atoms with Gasteiger partial charge < -0.3 is 4.74 Å². The van der Waals surface area contributed by atoms with Gasteiger partial charge in [-0.1, -0.05) is 33.6 Å². The molecule has 4 heteroatoms. The van der Waals surface area contributed by atoms with Crippen molar-refractivity contribution in [1.29, 1.82) is 0 Å². The number of carbonyl (C=O) groups excluding carboxylic acids is 1. The maximum Gasteiger partial charge on any atom is 0.310 e. The summed E-state index contributed by atoms with van der Waals surface area (Å²) in [6.45, 7) is 4.16. The van der Waals surface area contributed by atoms with Crippen molar-refractivity contribution in [3.63, 3.8) is 0 Å². The van der Waals surface area contributed by atoms with E-state index in [0.29, 0.717) is 17.0 Å². The van der Waals surface area contributed by atoms with Crippen molar-refractivity contribution in [2.24, 2.45) is 0 Å². The number of esters is 1. The third-order valence-electron chi connectivity index (χ3n) is 2.21. The lowest BCUT2D eigenvalue weighted by molar-refractivity contribution is -0.142. The number of benzene rings is 1. The number of hydrogen-bond acceptors (Lipinski definition) is 2. The SMILES string of the molecule is CCOC(=O)Cc1cc(C)cc(Cl)c1CBr. The summed E-state index contributed by atoms with van der Waals surface area (Å²) in [6.07, 6.45) is 0.274. The minimum atomic E-state index is -0.216. The number of aryl methyl sites for hydroxylation is 1. The van der Waals surface area contributed by atoms with Crippen LogP contribution in [0, 0.1) is 6.92 Å². The monoisotopic (exact) mass is 304 g/mol.